The minimum atomic E-state index is -1.07. The number of aryl methyl sites for hydroxylation is 1. The Kier molecular flexibility index (Phi) is 6.38. The fourth-order valence-electron chi connectivity index (χ4n) is 1.66. The first-order valence-corrected chi connectivity index (χ1v) is 6.66. The van der Waals surface area contributed by atoms with Crippen molar-refractivity contribution >= 4 is 17.9 Å². The summed E-state index contributed by atoms with van der Waals surface area (Å²) in [4.78, 5) is 30.8. The molecule has 1 atom stereocenters. The summed E-state index contributed by atoms with van der Waals surface area (Å²) >= 11 is 0. The number of urea groups is 1. The molecular weight excluding hydrogens is 276 g/mol. The van der Waals surface area contributed by atoms with Gasteiger partial charge in [0.2, 0.25) is 11.8 Å². The molecule has 0 aliphatic rings. The van der Waals surface area contributed by atoms with Crippen molar-refractivity contribution in [1.82, 2.24) is 15.3 Å². The first kappa shape index (κ1) is 16.7. The first-order chi connectivity index (χ1) is 9.96. The number of methoxy groups -OCH3 is 1. The molecule has 0 aliphatic heterocycles. The summed E-state index contributed by atoms with van der Waals surface area (Å²) in [5, 5.41) is 13.8. The largest absolute Gasteiger partial charge is 0.481 e. The van der Waals surface area contributed by atoms with Crippen molar-refractivity contribution in [1.29, 1.82) is 0 Å². The maximum absolute atomic E-state index is 11.8. The van der Waals surface area contributed by atoms with Crippen LogP contribution >= 0.6 is 0 Å². The second-order valence-electron chi connectivity index (χ2n) is 4.51. The van der Waals surface area contributed by atoms with E-state index in [1.165, 1.54) is 7.11 Å². The van der Waals surface area contributed by atoms with Crippen LogP contribution in [0.5, 0.6) is 5.88 Å². The van der Waals surface area contributed by atoms with E-state index in [4.69, 9.17) is 9.84 Å². The molecule has 116 valence electrons. The predicted molar refractivity (Wildman–Crippen MR) is 76.4 cm³/mol. The minimum absolute atomic E-state index is 0.0592. The van der Waals surface area contributed by atoms with Gasteiger partial charge in [0.05, 0.1) is 7.11 Å². The van der Waals surface area contributed by atoms with Crippen molar-refractivity contribution in [2.75, 3.05) is 12.4 Å². The molecular formula is C13H20N4O4. The third kappa shape index (κ3) is 5.64. The lowest BCUT2D eigenvalue weighted by Gasteiger charge is -2.14. The summed E-state index contributed by atoms with van der Waals surface area (Å²) in [6.07, 6.45) is 1.94. The van der Waals surface area contributed by atoms with Gasteiger partial charge >= 0.3 is 12.0 Å². The number of amides is 2. The summed E-state index contributed by atoms with van der Waals surface area (Å²) in [6, 6.07) is 0.0208. The highest BCUT2D eigenvalue weighted by Crippen LogP contribution is 2.11. The lowest BCUT2D eigenvalue weighted by Crippen LogP contribution is -2.43. The van der Waals surface area contributed by atoms with Crippen LogP contribution < -0.4 is 15.4 Å². The maximum atomic E-state index is 11.8. The van der Waals surface area contributed by atoms with Gasteiger partial charge < -0.3 is 15.2 Å². The van der Waals surface area contributed by atoms with Gasteiger partial charge in [0.15, 0.2) is 0 Å². The molecule has 0 saturated heterocycles. The second kappa shape index (κ2) is 8.03. The third-order valence-electron chi connectivity index (χ3n) is 2.71. The van der Waals surface area contributed by atoms with Gasteiger partial charge in [-0.05, 0) is 13.3 Å². The average molecular weight is 296 g/mol. The van der Waals surface area contributed by atoms with E-state index in [1.807, 2.05) is 6.92 Å². The monoisotopic (exact) mass is 296 g/mol. The van der Waals surface area contributed by atoms with Crippen molar-refractivity contribution in [3.8, 4) is 5.88 Å². The number of aromatic nitrogens is 2. The molecule has 1 aromatic heterocycles. The molecule has 21 heavy (non-hydrogen) atoms. The molecule has 8 nitrogen and oxygen atoms in total. The molecule has 0 saturated carbocycles. The lowest BCUT2D eigenvalue weighted by atomic mass is 10.1. The Hall–Kier alpha value is -2.38. The smallest absolute Gasteiger partial charge is 0.326 e. The van der Waals surface area contributed by atoms with Crippen LogP contribution in [0.15, 0.2) is 6.07 Å². The van der Waals surface area contributed by atoms with E-state index in [2.05, 4.69) is 20.6 Å². The molecule has 0 radical (unpaired) electrons. The van der Waals surface area contributed by atoms with Crippen molar-refractivity contribution in [2.45, 2.75) is 39.2 Å². The maximum Gasteiger partial charge on any atom is 0.326 e. The Morgan fingerprint density at radius 2 is 2.14 bits per heavy atom. The minimum Gasteiger partial charge on any atom is -0.481 e. The van der Waals surface area contributed by atoms with Crippen LogP contribution in [0, 0.1) is 6.92 Å². The van der Waals surface area contributed by atoms with Crippen molar-refractivity contribution in [3.63, 3.8) is 0 Å². The first-order valence-electron chi connectivity index (χ1n) is 6.66. The third-order valence-corrected chi connectivity index (χ3v) is 2.71. The molecule has 1 rings (SSSR count). The van der Waals surface area contributed by atoms with Gasteiger partial charge in [-0.2, -0.15) is 4.98 Å². The van der Waals surface area contributed by atoms with Crippen LogP contribution in [0.25, 0.3) is 0 Å². The number of hydrogen-bond acceptors (Lipinski definition) is 5. The number of carbonyl (C=O) groups excluding carboxylic acids is 1. The van der Waals surface area contributed by atoms with E-state index in [-0.39, 0.29) is 5.95 Å². The van der Waals surface area contributed by atoms with Gasteiger partial charge in [0.1, 0.15) is 6.04 Å². The van der Waals surface area contributed by atoms with Crippen LogP contribution in [-0.4, -0.2) is 40.2 Å². The highest BCUT2D eigenvalue weighted by molar-refractivity contribution is 5.90. The molecule has 0 aromatic carbocycles. The summed E-state index contributed by atoms with van der Waals surface area (Å²) < 4.78 is 4.97. The number of anilines is 1. The molecule has 0 aliphatic carbocycles. The molecule has 1 aromatic rings. The molecule has 0 spiro atoms. The van der Waals surface area contributed by atoms with Crippen LogP contribution in [0.4, 0.5) is 10.7 Å². The van der Waals surface area contributed by atoms with E-state index >= 15 is 0 Å². The predicted octanol–water partition coefficient (Wildman–Crippen LogP) is 1.56. The Bertz CT molecular complexity index is 507. The number of nitrogens with one attached hydrogen (secondary N) is 2. The average Bonchev–Trinajstić information content (AvgIpc) is 2.42. The number of ether oxygens (including phenoxy) is 1. The molecule has 1 unspecified atom stereocenters. The topological polar surface area (TPSA) is 113 Å². The molecule has 0 bridgehead atoms. The fraction of sp³-hybridized carbons (Fsp3) is 0.538. The van der Waals surface area contributed by atoms with E-state index < -0.39 is 18.0 Å². The van der Waals surface area contributed by atoms with Crippen molar-refractivity contribution < 1.29 is 19.4 Å². The van der Waals surface area contributed by atoms with Gasteiger partial charge in [-0.1, -0.05) is 19.8 Å². The Morgan fingerprint density at radius 3 is 2.71 bits per heavy atom. The van der Waals surface area contributed by atoms with Gasteiger partial charge in [-0.3, -0.25) is 5.32 Å². The fourth-order valence-corrected chi connectivity index (χ4v) is 1.66. The highest BCUT2D eigenvalue weighted by atomic mass is 16.5. The molecule has 3 N–H and O–H groups in total. The number of carboxylic acid groups (broad SMARTS) is 1. The van der Waals surface area contributed by atoms with Crippen LogP contribution in [0.3, 0.4) is 0 Å². The van der Waals surface area contributed by atoms with Gasteiger partial charge in [0, 0.05) is 11.8 Å². The van der Waals surface area contributed by atoms with Crippen molar-refractivity contribution in [2.24, 2.45) is 0 Å². The molecule has 1 heterocycles. The summed E-state index contributed by atoms with van der Waals surface area (Å²) in [5.41, 5.74) is 0.623. The molecule has 8 heteroatoms. The number of hydrogen-bond donors (Lipinski definition) is 3. The Balaban J connectivity index is 2.67. The van der Waals surface area contributed by atoms with Crippen molar-refractivity contribution in [3.05, 3.63) is 11.8 Å². The van der Waals surface area contributed by atoms with E-state index in [9.17, 15) is 9.59 Å². The highest BCUT2D eigenvalue weighted by Gasteiger charge is 2.19. The second-order valence-corrected chi connectivity index (χ2v) is 4.51. The standard InChI is InChI=1S/C13H20N4O4/c1-4-5-6-9(11(18)19)15-13(20)17-12-14-8(2)7-10(16-12)21-3/h7,9H,4-6H2,1-3H3,(H,18,19)(H2,14,15,16,17,20). The molecule has 2 amide bonds. The SMILES string of the molecule is CCCCC(NC(=O)Nc1nc(C)cc(OC)n1)C(=O)O. The number of rotatable bonds is 7. The van der Waals surface area contributed by atoms with Gasteiger partial charge in [-0.15, -0.1) is 0 Å². The lowest BCUT2D eigenvalue weighted by molar-refractivity contribution is -0.139. The molecule has 0 fully saturated rings. The van der Waals surface area contributed by atoms with E-state index in [1.54, 1.807) is 13.0 Å². The van der Waals surface area contributed by atoms with E-state index in [0.717, 1.165) is 6.42 Å². The zero-order valence-electron chi connectivity index (χ0n) is 12.3. The quantitative estimate of drug-likeness (QED) is 0.703. The van der Waals surface area contributed by atoms with Crippen LogP contribution in [0.1, 0.15) is 31.9 Å². The summed E-state index contributed by atoms with van der Waals surface area (Å²) in [6.45, 7) is 3.68. The van der Waals surface area contributed by atoms with Crippen LogP contribution in [0.2, 0.25) is 0 Å². The van der Waals surface area contributed by atoms with Crippen LogP contribution in [-0.2, 0) is 4.79 Å². The Labute approximate surface area is 122 Å². The number of aliphatic carboxylic acids is 1. The zero-order valence-corrected chi connectivity index (χ0v) is 12.3. The number of nitrogens with zero attached hydrogens (tertiary/aromatic N) is 2. The van der Waals surface area contributed by atoms with E-state index in [0.29, 0.717) is 24.4 Å². The zero-order chi connectivity index (χ0) is 15.8. The number of carboxylic acids is 1. The number of unbranched alkanes of at least 4 members (excludes halogenated alkanes) is 1. The van der Waals surface area contributed by atoms with Gasteiger partial charge in [-0.25, -0.2) is 14.6 Å². The summed E-state index contributed by atoms with van der Waals surface area (Å²) in [5.74, 6) is -0.691. The van der Waals surface area contributed by atoms with Gasteiger partial charge in [0.25, 0.3) is 0 Å². The Morgan fingerprint density at radius 1 is 1.43 bits per heavy atom. The normalized spacial score (nSPS) is 11.6. The summed E-state index contributed by atoms with van der Waals surface area (Å²) in [7, 11) is 1.46. The number of carbonyl (C=O) groups is 2.